The zero-order chi connectivity index (χ0) is 13.8. The molecule has 2 N–H and O–H groups in total. The zero-order valence-electron chi connectivity index (χ0n) is 10.0. The summed E-state index contributed by atoms with van der Waals surface area (Å²) in [6.45, 7) is 1.84. The van der Waals surface area contributed by atoms with E-state index in [9.17, 15) is 13.2 Å². The number of halogens is 3. The molecule has 0 amide bonds. The number of pyridine rings is 1. The van der Waals surface area contributed by atoms with Gasteiger partial charge in [0.1, 0.15) is 5.82 Å². The highest BCUT2D eigenvalue weighted by Gasteiger charge is 2.30. The summed E-state index contributed by atoms with van der Waals surface area (Å²) < 4.78 is 37.0. The molecule has 1 aromatic heterocycles. The fourth-order valence-electron chi connectivity index (χ4n) is 1.41. The lowest BCUT2D eigenvalue weighted by atomic mass is 10.2. The van der Waals surface area contributed by atoms with Gasteiger partial charge in [-0.3, -0.25) is 0 Å². The first kappa shape index (κ1) is 15.1. The van der Waals surface area contributed by atoms with Crippen LogP contribution in [-0.4, -0.2) is 34.2 Å². The van der Waals surface area contributed by atoms with E-state index in [1.807, 2.05) is 13.2 Å². The predicted molar refractivity (Wildman–Crippen MR) is 66.7 cm³/mol. The Morgan fingerprint density at radius 2 is 2.11 bits per heavy atom. The monoisotopic (exact) mass is 280 g/mol. The van der Waals surface area contributed by atoms with Crippen molar-refractivity contribution in [1.29, 1.82) is 0 Å². The van der Waals surface area contributed by atoms with Crippen molar-refractivity contribution in [3.05, 3.63) is 23.9 Å². The first-order chi connectivity index (χ1) is 8.38. The van der Waals surface area contributed by atoms with Gasteiger partial charge in [-0.05, 0) is 25.3 Å². The fraction of sp³-hybridized carbons (Fsp3) is 0.545. The lowest BCUT2D eigenvalue weighted by molar-refractivity contribution is -0.137. The zero-order valence-corrected chi connectivity index (χ0v) is 10.8. The number of aromatic nitrogens is 1. The Labute approximate surface area is 108 Å². The minimum absolute atomic E-state index is 0.00400. The summed E-state index contributed by atoms with van der Waals surface area (Å²) >= 11 is 1.48. The lowest BCUT2D eigenvalue weighted by Gasteiger charge is -2.21. The van der Waals surface area contributed by atoms with E-state index in [0.29, 0.717) is 5.82 Å². The number of nitrogens with one attached hydrogen (secondary N) is 1. The van der Waals surface area contributed by atoms with Gasteiger partial charge in [0.2, 0.25) is 0 Å². The van der Waals surface area contributed by atoms with Crippen molar-refractivity contribution in [3.63, 3.8) is 0 Å². The predicted octanol–water partition coefficient (Wildman–Crippen LogP) is 2.62. The number of anilines is 1. The molecule has 0 radical (unpaired) electrons. The van der Waals surface area contributed by atoms with Crippen LogP contribution in [0.4, 0.5) is 19.0 Å². The van der Waals surface area contributed by atoms with Gasteiger partial charge in [0, 0.05) is 17.5 Å². The molecule has 2 atom stereocenters. The number of rotatable bonds is 5. The van der Waals surface area contributed by atoms with Gasteiger partial charge < -0.3 is 10.4 Å². The van der Waals surface area contributed by atoms with Crippen molar-refractivity contribution < 1.29 is 18.3 Å². The molecule has 1 heterocycles. The number of hydrogen-bond acceptors (Lipinski definition) is 4. The Kier molecular flexibility index (Phi) is 5.28. The summed E-state index contributed by atoms with van der Waals surface area (Å²) in [5.74, 6) is 0.364. The van der Waals surface area contributed by atoms with Gasteiger partial charge >= 0.3 is 6.18 Å². The molecule has 3 nitrogen and oxygen atoms in total. The number of hydrogen-bond donors (Lipinski definition) is 2. The average molecular weight is 280 g/mol. The molecule has 0 spiro atoms. The standard InChI is InChI=1S/C11H15F3N2OS/c1-7(9(6-17)18-2)16-10-4-3-8(5-15-10)11(12,13)14/h3-5,7,9,17H,6H2,1-2H3,(H,15,16). The summed E-state index contributed by atoms with van der Waals surface area (Å²) in [5.41, 5.74) is -0.774. The second-order valence-corrected chi connectivity index (χ2v) is 4.90. The van der Waals surface area contributed by atoms with Crippen LogP contribution in [0, 0.1) is 0 Å². The minimum Gasteiger partial charge on any atom is -0.395 e. The van der Waals surface area contributed by atoms with E-state index in [-0.39, 0.29) is 17.9 Å². The van der Waals surface area contributed by atoms with Gasteiger partial charge in [-0.15, -0.1) is 0 Å². The topological polar surface area (TPSA) is 45.1 Å². The highest BCUT2D eigenvalue weighted by Crippen LogP contribution is 2.29. The Morgan fingerprint density at radius 3 is 2.50 bits per heavy atom. The van der Waals surface area contributed by atoms with Crippen molar-refractivity contribution in [2.45, 2.75) is 24.4 Å². The smallest absolute Gasteiger partial charge is 0.395 e. The maximum absolute atomic E-state index is 12.3. The highest BCUT2D eigenvalue weighted by molar-refractivity contribution is 7.99. The van der Waals surface area contributed by atoms with E-state index in [4.69, 9.17) is 5.11 Å². The lowest BCUT2D eigenvalue weighted by Crippen LogP contribution is -2.31. The highest BCUT2D eigenvalue weighted by atomic mass is 32.2. The number of thioether (sulfide) groups is 1. The van der Waals surface area contributed by atoms with Crippen molar-refractivity contribution in [2.75, 3.05) is 18.2 Å². The van der Waals surface area contributed by atoms with Gasteiger partial charge in [-0.25, -0.2) is 4.98 Å². The molecule has 0 aliphatic rings. The SMILES string of the molecule is CSC(CO)C(C)Nc1ccc(C(F)(F)F)cn1. The largest absolute Gasteiger partial charge is 0.417 e. The maximum atomic E-state index is 12.3. The molecule has 1 aromatic rings. The summed E-state index contributed by atoms with van der Waals surface area (Å²) in [7, 11) is 0. The third kappa shape index (κ3) is 4.06. The van der Waals surface area contributed by atoms with Crippen LogP contribution in [0.25, 0.3) is 0 Å². The van der Waals surface area contributed by atoms with Crippen LogP contribution in [0.2, 0.25) is 0 Å². The van der Waals surface area contributed by atoms with Crippen molar-refractivity contribution in [3.8, 4) is 0 Å². The second kappa shape index (κ2) is 6.29. The first-order valence-electron chi connectivity index (χ1n) is 5.32. The molecule has 1 rings (SSSR count). The molecule has 0 bridgehead atoms. The van der Waals surface area contributed by atoms with E-state index in [1.165, 1.54) is 17.8 Å². The molecule has 102 valence electrons. The normalized spacial score (nSPS) is 15.2. The molecule has 0 aliphatic heterocycles. The molecular formula is C11H15F3N2OS. The Balaban J connectivity index is 2.69. The van der Waals surface area contributed by atoms with E-state index < -0.39 is 11.7 Å². The third-order valence-corrected chi connectivity index (χ3v) is 3.67. The molecular weight excluding hydrogens is 265 g/mol. The molecule has 0 aromatic carbocycles. The van der Waals surface area contributed by atoms with E-state index in [0.717, 1.165) is 12.3 Å². The maximum Gasteiger partial charge on any atom is 0.417 e. The van der Waals surface area contributed by atoms with Crippen LogP contribution in [0.5, 0.6) is 0 Å². The molecule has 0 aliphatic carbocycles. The van der Waals surface area contributed by atoms with Gasteiger partial charge in [0.15, 0.2) is 0 Å². The van der Waals surface area contributed by atoms with Gasteiger partial charge in [-0.2, -0.15) is 24.9 Å². The van der Waals surface area contributed by atoms with E-state index >= 15 is 0 Å². The van der Waals surface area contributed by atoms with Crippen LogP contribution in [0.15, 0.2) is 18.3 Å². The van der Waals surface area contributed by atoms with Crippen LogP contribution in [0.1, 0.15) is 12.5 Å². The molecule has 0 fully saturated rings. The van der Waals surface area contributed by atoms with E-state index in [1.54, 1.807) is 0 Å². The molecule has 18 heavy (non-hydrogen) atoms. The van der Waals surface area contributed by atoms with Gasteiger partial charge in [0.05, 0.1) is 12.2 Å². The molecule has 0 saturated heterocycles. The summed E-state index contributed by atoms with van der Waals surface area (Å²) in [6.07, 6.45) is -1.72. The van der Waals surface area contributed by atoms with Crippen molar-refractivity contribution in [2.24, 2.45) is 0 Å². The Bertz CT molecular complexity index is 366. The second-order valence-electron chi connectivity index (χ2n) is 3.82. The number of aliphatic hydroxyl groups is 1. The molecule has 2 unspecified atom stereocenters. The number of nitrogens with zero attached hydrogens (tertiary/aromatic N) is 1. The van der Waals surface area contributed by atoms with Crippen LogP contribution in [-0.2, 0) is 6.18 Å². The van der Waals surface area contributed by atoms with Crippen molar-refractivity contribution in [1.82, 2.24) is 4.98 Å². The molecule has 7 heteroatoms. The van der Waals surface area contributed by atoms with Crippen molar-refractivity contribution >= 4 is 17.6 Å². The van der Waals surface area contributed by atoms with Crippen LogP contribution < -0.4 is 5.32 Å². The average Bonchev–Trinajstić information content (AvgIpc) is 2.30. The fourth-order valence-corrected chi connectivity index (χ4v) is 2.04. The van der Waals surface area contributed by atoms with Crippen LogP contribution in [0.3, 0.4) is 0 Å². The van der Waals surface area contributed by atoms with Gasteiger partial charge in [0.25, 0.3) is 0 Å². The summed E-state index contributed by atoms with van der Waals surface area (Å²) in [5, 5.41) is 12.0. The van der Waals surface area contributed by atoms with Crippen LogP contribution >= 0.6 is 11.8 Å². The summed E-state index contributed by atoms with van der Waals surface area (Å²) in [6, 6.07) is 2.18. The molecule has 0 saturated carbocycles. The number of alkyl halides is 3. The van der Waals surface area contributed by atoms with E-state index in [2.05, 4.69) is 10.3 Å². The Morgan fingerprint density at radius 1 is 1.44 bits per heavy atom. The minimum atomic E-state index is -4.37. The first-order valence-corrected chi connectivity index (χ1v) is 6.60. The Hall–Kier alpha value is -0.950. The number of aliphatic hydroxyl groups excluding tert-OH is 1. The van der Waals surface area contributed by atoms with Gasteiger partial charge in [-0.1, -0.05) is 0 Å². The third-order valence-electron chi connectivity index (χ3n) is 2.51. The quantitative estimate of drug-likeness (QED) is 0.870. The summed E-state index contributed by atoms with van der Waals surface area (Å²) in [4.78, 5) is 3.71.